The zero-order valence-corrected chi connectivity index (χ0v) is 20.3. The lowest BCUT2D eigenvalue weighted by Gasteiger charge is -2.31. The maximum Gasteiger partial charge on any atom is 0.309 e. The number of rotatable bonds is 15. The van der Waals surface area contributed by atoms with Crippen LogP contribution in [0.25, 0.3) is 0 Å². The number of benzene rings is 1. The van der Waals surface area contributed by atoms with Crippen LogP contribution < -0.4 is 0 Å². The molecule has 1 aliphatic rings. The first kappa shape index (κ1) is 27.3. The smallest absolute Gasteiger partial charge is 0.309 e. The molecule has 0 aliphatic carbocycles. The molecule has 1 saturated heterocycles. The number of halogens is 2. The molecule has 0 N–H and O–H groups in total. The fraction of sp³-hybridized carbons (Fsp3) is 0.704. The first-order valence-electron chi connectivity index (χ1n) is 12.9. The van der Waals surface area contributed by atoms with Crippen LogP contribution in [0, 0.1) is 17.6 Å². The summed E-state index contributed by atoms with van der Waals surface area (Å²) >= 11 is 0. The van der Waals surface area contributed by atoms with Crippen LogP contribution in [0.1, 0.15) is 107 Å². The molecule has 6 heteroatoms. The van der Waals surface area contributed by atoms with Crippen molar-refractivity contribution in [1.29, 1.82) is 0 Å². The zero-order chi connectivity index (χ0) is 23.9. The molecule has 0 aromatic heterocycles. The maximum atomic E-state index is 13.8. The van der Waals surface area contributed by atoms with E-state index < -0.39 is 17.5 Å². The monoisotopic (exact) mass is 465 g/mol. The van der Waals surface area contributed by atoms with Crippen LogP contribution in [0.5, 0.6) is 0 Å². The van der Waals surface area contributed by atoms with Crippen LogP contribution >= 0.6 is 0 Å². The predicted molar refractivity (Wildman–Crippen MR) is 127 cm³/mol. The number of unbranched alkanes of at least 4 members (excludes halogenated alkanes) is 11. The zero-order valence-electron chi connectivity index (χ0n) is 20.3. The molecule has 186 valence electrons. The first-order chi connectivity index (χ1) is 16.0. The average Bonchev–Trinajstić information content (AvgIpc) is 2.83. The number of hydrogen-bond acceptors (Lipinski definition) is 3. The van der Waals surface area contributed by atoms with Crippen molar-refractivity contribution in [2.75, 3.05) is 19.7 Å². The molecular formula is C27H41F2NO3. The topological polar surface area (TPSA) is 46.6 Å². The molecular weight excluding hydrogens is 424 g/mol. The highest BCUT2D eigenvalue weighted by molar-refractivity contribution is 5.94. The standard InChI is InChI=1S/C27H41F2NO3/c1-2-3-4-5-6-7-8-9-10-11-12-13-20-33-27(32)22-16-18-30(19-17-22)26(31)24-21-23(28)14-15-25(24)29/h14-15,21-22H,2-13,16-20H2,1H3. The normalized spacial score (nSPS) is 14.5. The van der Waals surface area contributed by atoms with Gasteiger partial charge in [-0.3, -0.25) is 9.59 Å². The van der Waals surface area contributed by atoms with Gasteiger partial charge in [0, 0.05) is 13.1 Å². The summed E-state index contributed by atoms with van der Waals surface area (Å²) < 4.78 is 32.6. The van der Waals surface area contributed by atoms with Gasteiger partial charge >= 0.3 is 5.97 Å². The fourth-order valence-corrected chi connectivity index (χ4v) is 4.38. The summed E-state index contributed by atoms with van der Waals surface area (Å²) in [6, 6.07) is 2.87. The summed E-state index contributed by atoms with van der Waals surface area (Å²) in [5.74, 6) is -2.34. The van der Waals surface area contributed by atoms with Crippen LogP contribution in [0.3, 0.4) is 0 Å². The van der Waals surface area contributed by atoms with Gasteiger partial charge < -0.3 is 9.64 Å². The number of piperidine rings is 1. The van der Waals surface area contributed by atoms with Gasteiger partial charge in [-0.2, -0.15) is 0 Å². The van der Waals surface area contributed by atoms with Gasteiger partial charge in [-0.1, -0.05) is 77.6 Å². The molecule has 0 unspecified atom stereocenters. The molecule has 0 radical (unpaired) electrons. The van der Waals surface area contributed by atoms with Crippen molar-refractivity contribution in [3.63, 3.8) is 0 Å². The van der Waals surface area contributed by atoms with Crippen molar-refractivity contribution in [1.82, 2.24) is 4.90 Å². The molecule has 2 rings (SSSR count). The van der Waals surface area contributed by atoms with Gasteiger partial charge in [-0.25, -0.2) is 8.78 Å². The highest BCUT2D eigenvalue weighted by atomic mass is 19.1. The highest BCUT2D eigenvalue weighted by Crippen LogP contribution is 2.22. The largest absolute Gasteiger partial charge is 0.465 e. The number of ether oxygens (including phenoxy) is 1. The summed E-state index contributed by atoms with van der Waals surface area (Å²) in [6.45, 7) is 3.37. The van der Waals surface area contributed by atoms with Gasteiger partial charge in [0.1, 0.15) is 11.6 Å². The molecule has 1 aromatic carbocycles. The van der Waals surface area contributed by atoms with E-state index in [1.54, 1.807) is 0 Å². The molecule has 33 heavy (non-hydrogen) atoms. The Morgan fingerprint density at radius 1 is 0.879 bits per heavy atom. The Labute approximate surface area is 198 Å². The second-order valence-electron chi connectivity index (χ2n) is 9.25. The number of carbonyl (C=O) groups is 2. The summed E-state index contributed by atoms with van der Waals surface area (Å²) in [6.07, 6.45) is 16.1. The Hall–Kier alpha value is -1.98. The Morgan fingerprint density at radius 3 is 2.00 bits per heavy atom. The average molecular weight is 466 g/mol. The quantitative estimate of drug-likeness (QED) is 0.206. The summed E-state index contributed by atoms with van der Waals surface area (Å²) in [5.41, 5.74) is -0.261. The van der Waals surface area contributed by atoms with Gasteiger partial charge in [0.25, 0.3) is 5.91 Å². The molecule has 4 nitrogen and oxygen atoms in total. The fourth-order valence-electron chi connectivity index (χ4n) is 4.38. The lowest BCUT2D eigenvalue weighted by atomic mass is 9.96. The second-order valence-corrected chi connectivity index (χ2v) is 9.25. The molecule has 1 aliphatic heterocycles. The van der Waals surface area contributed by atoms with Crippen molar-refractivity contribution in [3.05, 3.63) is 35.4 Å². The van der Waals surface area contributed by atoms with E-state index in [0.29, 0.717) is 32.5 Å². The third-order valence-electron chi connectivity index (χ3n) is 6.52. The number of nitrogens with zero attached hydrogens (tertiary/aromatic N) is 1. The molecule has 1 aromatic rings. The van der Waals surface area contributed by atoms with E-state index in [-0.39, 0.29) is 17.5 Å². The van der Waals surface area contributed by atoms with Crippen LogP contribution in [-0.2, 0) is 9.53 Å². The van der Waals surface area contributed by atoms with Crippen molar-refractivity contribution >= 4 is 11.9 Å². The SMILES string of the molecule is CCCCCCCCCCCCCCOC(=O)C1CCN(C(=O)c2cc(F)ccc2F)CC1. The first-order valence-corrected chi connectivity index (χ1v) is 12.9. The van der Waals surface area contributed by atoms with Crippen LogP contribution in [0.4, 0.5) is 8.78 Å². The van der Waals surface area contributed by atoms with Gasteiger partial charge in [-0.15, -0.1) is 0 Å². The summed E-state index contributed by atoms with van der Waals surface area (Å²) in [5, 5.41) is 0. The number of hydrogen-bond donors (Lipinski definition) is 0. The minimum Gasteiger partial charge on any atom is -0.465 e. The van der Waals surface area contributed by atoms with E-state index in [2.05, 4.69) is 6.92 Å². The van der Waals surface area contributed by atoms with E-state index in [9.17, 15) is 18.4 Å². The van der Waals surface area contributed by atoms with E-state index in [1.165, 1.54) is 69.1 Å². The molecule has 1 heterocycles. The Bertz CT molecular complexity index is 717. The molecule has 0 saturated carbocycles. The lowest BCUT2D eigenvalue weighted by molar-refractivity contribution is -0.150. The van der Waals surface area contributed by atoms with Crippen molar-refractivity contribution in [2.24, 2.45) is 5.92 Å². The van der Waals surface area contributed by atoms with Crippen LogP contribution in [-0.4, -0.2) is 36.5 Å². The molecule has 0 bridgehead atoms. The highest BCUT2D eigenvalue weighted by Gasteiger charge is 2.29. The number of esters is 1. The van der Waals surface area contributed by atoms with Crippen LogP contribution in [0.2, 0.25) is 0 Å². The Morgan fingerprint density at radius 2 is 1.42 bits per heavy atom. The van der Waals surface area contributed by atoms with E-state index in [1.807, 2.05) is 0 Å². The minimum atomic E-state index is -0.731. The van der Waals surface area contributed by atoms with E-state index in [0.717, 1.165) is 31.0 Å². The van der Waals surface area contributed by atoms with Crippen molar-refractivity contribution < 1.29 is 23.1 Å². The number of amides is 1. The molecule has 1 fully saturated rings. The lowest BCUT2D eigenvalue weighted by Crippen LogP contribution is -2.41. The minimum absolute atomic E-state index is 0.206. The third-order valence-corrected chi connectivity index (χ3v) is 6.52. The van der Waals surface area contributed by atoms with E-state index in [4.69, 9.17) is 4.74 Å². The third kappa shape index (κ3) is 10.2. The van der Waals surface area contributed by atoms with E-state index >= 15 is 0 Å². The van der Waals surface area contributed by atoms with Gasteiger partial charge in [0.15, 0.2) is 0 Å². The van der Waals surface area contributed by atoms with Crippen molar-refractivity contribution in [2.45, 2.75) is 96.8 Å². The number of carbonyl (C=O) groups excluding carboxylic acids is 2. The molecule has 1 amide bonds. The number of likely N-dealkylation sites (tertiary alicyclic amines) is 1. The van der Waals surface area contributed by atoms with Gasteiger partial charge in [-0.05, 0) is 37.5 Å². The molecule has 0 spiro atoms. The summed E-state index contributed by atoms with van der Waals surface area (Å²) in [7, 11) is 0. The summed E-state index contributed by atoms with van der Waals surface area (Å²) in [4.78, 5) is 26.2. The van der Waals surface area contributed by atoms with Gasteiger partial charge in [0.2, 0.25) is 0 Å². The Balaban J connectivity index is 1.50. The van der Waals surface area contributed by atoms with Gasteiger partial charge in [0.05, 0.1) is 18.1 Å². The van der Waals surface area contributed by atoms with Crippen LogP contribution in [0.15, 0.2) is 18.2 Å². The maximum absolute atomic E-state index is 13.8. The second kappa shape index (κ2) is 15.8. The molecule has 0 atom stereocenters. The van der Waals surface area contributed by atoms with Crippen molar-refractivity contribution in [3.8, 4) is 0 Å². The predicted octanol–water partition coefficient (Wildman–Crippen LogP) is 7.06. The Kier molecular flexibility index (Phi) is 13.0.